The molecule has 1 saturated carbocycles. The highest BCUT2D eigenvalue weighted by molar-refractivity contribution is 5.90. The van der Waals surface area contributed by atoms with Crippen LogP contribution in [-0.4, -0.2) is 30.2 Å². The van der Waals surface area contributed by atoms with Crippen LogP contribution in [0.2, 0.25) is 0 Å². The highest BCUT2D eigenvalue weighted by Crippen LogP contribution is 2.28. The second-order valence-corrected chi connectivity index (χ2v) is 5.23. The largest absolute Gasteiger partial charge is 0.481 e. The Labute approximate surface area is 122 Å². The Morgan fingerprint density at radius 3 is 2.81 bits per heavy atom. The van der Waals surface area contributed by atoms with Gasteiger partial charge in [-0.3, -0.25) is 4.79 Å². The number of halogens is 1. The van der Waals surface area contributed by atoms with E-state index in [-0.39, 0.29) is 17.3 Å². The van der Waals surface area contributed by atoms with Crippen LogP contribution in [0.4, 0.5) is 10.1 Å². The summed E-state index contributed by atoms with van der Waals surface area (Å²) in [5.41, 5.74) is 0.459. The molecule has 2 unspecified atom stereocenters. The Hall–Kier alpha value is -2.11. The molecule has 2 atom stereocenters. The zero-order chi connectivity index (χ0) is 15.4. The number of carbonyl (C=O) groups excluding carboxylic acids is 1. The third-order valence-electron chi connectivity index (χ3n) is 3.77. The van der Waals surface area contributed by atoms with Crippen molar-refractivity contribution in [1.29, 1.82) is 0 Å². The maximum Gasteiger partial charge on any atom is 0.337 e. The van der Waals surface area contributed by atoms with E-state index in [0.29, 0.717) is 12.8 Å². The molecular weight excluding hydrogens is 277 g/mol. The van der Waals surface area contributed by atoms with E-state index in [1.807, 2.05) is 0 Å². The molecular formula is C15H18FNO4. The van der Waals surface area contributed by atoms with E-state index in [2.05, 4.69) is 10.1 Å². The molecule has 114 valence electrons. The SMILES string of the molecule is COC(=O)c1ccc(F)c(NC2CCCC(C(=O)O)C2)c1. The van der Waals surface area contributed by atoms with Crippen molar-refractivity contribution in [3.05, 3.63) is 29.6 Å². The van der Waals surface area contributed by atoms with Crippen molar-refractivity contribution in [2.75, 3.05) is 12.4 Å². The van der Waals surface area contributed by atoms with Gasteiger partial charge >= 0.3 is 11.9 Å². The number of carbonyl (C=O) groups is 2. The molecule has 0 aliphatic heterocycles. The lowest BCUT2D eigenvalue weighted by Gasteiger charge is -2.28. The second kappa shape index (κ2) is 6.56. The number of methoxy groups -OCH3 is 1. The van der Waals surface area contributed by atoms with Gasteiger partial charge in [0.1, 0.15) is 5.82 Å². The van der Waals surface area contributed by atoms with Gasteiger partial charge in [-0.15, -0.1) is 0 Å². The molecule has 21 heavy (non-hydrogen) atoms. The summed E-state index contributed by atoms with van der Waals surface area (Å²) in [7, 11) is 1.26. The number of anilines is 1. The summed E-state index contributed by atoms with van der Waals surface area (Å²) >= 11 is 0. The minimum absolute atomic E-state index is 0.109. The van der Waals surface area contributed by atoms with Gasteiger partial charge in [-0.1, -0.05) is 6.42 Å². The highest BCUT2D eigenvalue weighted by atomic mass is 19.1. The summed E-state index contributed by atoms with van der Waals surface area (Å²) in [5, 5.41) is 12.1. The Morgan fingerprint density at radius 1 is 1.38 bits per heavy atom. The zero-order valence-corrected chi connectivity index (χ0v) is 11.8. The first-order valence-corrected chi connectivity index (χ1v) is 6.88. The Morgan fingerprint density at radius 2 is 2.14 bits per heavy atom. The molecule has 2 rings (SSSR count). The summed E-state index contributed by atoms with van der Waals surface area (Å²) in [4.78, 5) is 22.5. The van der Waals surface area contributed by atoms with Gasteiger partial charge in [-0.05, 0) is 37.5 Å². The molecule has 1 aromatic carbocycles. The van der Waals surface area contributed by atoms with Gasteiger partial charge in [-0.2, -0.15) is 0 Å². The molecule has 2 N–H and O–H groups in total. The van der Waals surface area contributed by atoms with E-state index < -0.39 is 23.7 Å². The van der Waals surface area contributed by atoms with Gasteiger partial charge in [0.25, 0.3) is 0 Å². The van der Waals surface area contributed by atoms with Gasteiger partial charge < -0.3 is 15.2 Å². The summed E-state index contributed by atoms with van der Waals surface area (Å²) < 4.78 is 18.4. The Bertz CT molecular complexity index is 546. The Balaban J connectivity index is 2.11. The van der Waals surface area contributed by atoms with Gasteiger partial charge in [0.05, 0.1) is 24.3 Å². The number of nitrogens with one attached hydrogen (secondary N) is 1. The molecule has 1 aliphatic carbocycles. The van der Waals surface area contributed by atoms with E-state index in [0.717, 1.165) is 12.8 Å². The lowest BCUT2D eigenvalue weighted by molar-refractivity contribution is -0.142. The van der Waals surface area contributed by atoms with Crippen molar-refractivity contribution in [1.82, 2.24) is 0 Å². The van der Waals surface area contributed by atoms with E-state index in [9.17, 15) is 14.0 Å². The van der Waals surface area contributed by atoms with Crippen LogP contribution in [0, 0.1) is 11.7 Å². The van der Waals surface area contributed by atoms with Crippen molar-refractivity contribution >= 4 is 17.6 Å². The average Bonchev–Trinajstić information content (AvgIpc) is 2.49. The average molecular weight is 295 g/mol. The standard InChI is InChI=1S/C15H18FNO4/c1-21-15(20)10-5-6-12(16)13(8-10)17-11-4-2-3-9(7-11)14(18)19/h5-6,8-9,11,17H,2-4,7H2,1H3,(H,18,19). The van der Waals surface area contributed by atoms with Gasteiger partial charge in [0.15, 0.2) is 0 Å². The molecule has 1 aromatic rings. The van der Waals surface area contributed by atoms with Gasteiger partial charge in [-0.25, -0.2) is 9.18 Å². The highest BCUT2D eigenvalue weighted by Gasteiger charge is 2.27. The van der Waals surface area contributed by atoms with Crippen LogP contribution in [0.1, 0.15) is 36.0 Å². The van der Waals surface area contributed by atoms with Crippen molar-refractivity contribution in [2.45, 2.75) is 31.7 Å². The lowest BCUT2D eigenvalue weighted by atomic mass is 9.85. The number of carboxylic acid groups (broad SMARTS) is 1. The second-order valence-electron chi connectivity index (χ2n) is 5.23. The molecule has 0 heterocycles. The third-order valence-corrected chi connectivity index (χ3v) is 3.77. The minimum Gasteiger partial charge on any atom is -0.481 e. The molecule has 1 fully saturated rings. The van der Waals surface area contributed by atoms with E-state index in [1.54, 1.807) is 0 Å². The predicted molar refractivity (Wildman–Crippen MR) is 74.7 cm³/mol. The third kappa shape index (κ3) is 3.71. The molecule has 0 radical (unpaired) electrons. The molecule has 6 heteroatoms. The van der Waals surface area contributed by atoms with Crippen LogP contribution < -0.4 is 5.32 Å². The topological polar surface area (TPSA) is 75.6 Å². The number of rotatable bonds is 4. The monoisotopic (exact) mass is 295 g/mol. The van der Waals surface area contributed by atoms with E-state index in [4.69, 9.17) is 5.11 Å². The molecule has 0 aromatic heterocycles. The van der Waals surface area contributed by atoms with Crippen molar-refractivity contribution in [2.24, 2.45) is 5.92 Å². The summed E-state index contributed by atoms with van der Waals surface area (Å²) in [6.45, 7) is 0. The van der Waals surface area contributed by atoms with Crippen LogP contribution in [0.3, 0.4) is 0 Å². The number of carboxylic acids is 1. The Kier molecular flexibility index (Phi) is 4.77. The smallest absolute Gasteiger partial charge is 0.337 e. The van der Waals surface area contributed by atoms with Gasteiger partial charge in [0, 0.05) is 6.04 Å². The molecule has 0 amide bonds. The first-order valence-electron chi connectivity index (χ1n) is 6.88. The number of benzene rings is 1. The fourth-order valence-corrected chi connectivity index (χ4v) is 2.65. The number of aliphatic carboxylic acids is 1. The first-order chi connectivity index (χ1) is 10.0. The van der Waals surface area contributed by atoms with Crippen molar-refractivity contribution in [3.63, 3.8) is 0 Å². The van der Waals surface area contributed by atoms with E-state index in [1.165, 1.54) is 25.3 Å². The lowest BCUT2D eigenvalue weighted by Crippen LogP contribution is -2.31. The summed E-state index contributed by atoms with van der Waals surface area (Å²) in [6, 6.07) is 3.84. The fraction of sp³-hybridized carbons (Fsp3) is 0.467. The molecule has 0 saturated heterocycles. The molecule has 1 aliphatic rings. The summed E-state index contributed by atoms with van der Waals surface area (Å²) in [5.74, 6) is -2.22. The molecule has 5 nitrogen and oxygen atoms in total. The minimum atomic E-state index is -0.815. The van der Waals surface area contributed by atoms with Crippen LogP contribution in [-0.2, 0) is 9.53 Å². The predicted octanol–water partition coefficient (Wildman–Crippen LogP) is 2.67. The first kappa shape index (κ1) is 15.3. The number of hydrogen-bond acceptors (Lipinski definition) is 4. The van der Waals surface area contributed by atoms with Crippen LogP contribution in [0.25, 0.3) is 0 Å². The van der Waals surface area contributed by atoms with Crippen molar-refractivity contribution < 1.29 is 23.8 Å². The maximum absolute atomic E-state index is 13.8. The number of esters is 1. The van der Waals surface area contributed by atoms with Crippen LogP contribution in [0.5, 0.6) is 0 Å². The summed E-state index contributed by atoms with van der Waals surface area (Å²) in [6.07, 6.45) is 2.67. The van der Waals surface area contributed by atoms with Crippen LogP contribution >= 0.6 is 0 Å². The van der Waals surface area contributed by atoms with Gasteiger partial charge in [0.2, 0.25) is 0 Å². The van der Waals surface area contributed by atoms with Crippen LogP contribution in [0.15, 0.2) is 18.2 Å². The maximum atomic E-state index is 13.8. The zero-order valence-electron chi connectivity index (χ0n) is 11.8. The normalized spacial score (nSPS) is 21.6. The van der Waals surface area contributed by atoms with E-state index >= 15 is 0 Å². The van der Waals surface area contributed by atoms with Crippen molar-refractivity contribution in [3.8, 4) is 0 Å². The number of ether oxygens (including phenoxy) is 1. The molecule has 0 bridgehead atoms. The molecule has 0 spiro atoms. The quantitative estimate of drug-likeness (QED) is 0.835. The fourth-order valence-electron chi connectivity index (χ4n) is 2.65. The number of hydrogen-bond donors (Lipinski definition) is 2.